The summed E-state index contributed by atoms with van der Waals surface area (Å²) in [6, 6.07) is 19.2. The van der Waals surface area contributed by atoms with Gasteiger partial charge in [0.1, 0.15) is 0 Å². The highest BCUT2D eigenvalue weighted by Crippen LogP contribution is 2.25. The van der Waals surface area contributed by atoms with Crippen molar-refractivity contribution in [2.45, 2.75) is 25.8 Å². The second-order valence-corrected chi connectivity index (χ2v) is 5.69. The molecule has 0 amide bonds. The van der Waals surface area contributed by atoms with Gasteiger partial charge in [-0.1, -0.05) is 30.3 Å². The van der Waals surface area contributed by atoms with E-state index in [1.165, 1.54) is 41.5 Å². The fraction of sp³-hybridized carbons (Fsp3) is 0.211. The third kappa shape index (κ3) is 2.49. The molecule has 0 atom stereocenters. The summed E-state index contributed by atoms with van der Waals surface area (Å²) in [5, 5.41) is 4.69. The van der Waals surface area contributed by atoms with Crippen LogP contribution < -0.4 is 5.32 Å². The van der Waals surface area contributed by atoms with E-state index < -0.39 is 0 Å². The fourth-order valence-electron chi connectivity index (χ4n) is 3.08. The van der Waals surface area contributed by atoms with Crippen molar-refractivity contribution in [3.63, 3.8) is 0 Å². The number of nitrogens with zero attached hydrogens (tertiary/aromatic N) is 1. The van der Waals surface area contributed by atoms with Crippen LogP contribution in [0, 0.1) is 0 Å². The van der Waals surface area contributed by atoms with E-state index in [4.69, 9.17) is 4.98 Å². The molecule has 2 aromatic carbocycles. The normalized spacial score (nSPS) is 13.3. The summed E-state index contributed by atoms with van der Waals surface area (Å²) in [5.74, 6) is 0. The molecule has 1 heterocycles. The van der Waals surface area contributed by atoms with Gasteiger partial charge in [-0.15, -0.1) is 0 Å². The lowest BCUT2D eigenvalue weighted by atomic mass is 10.1. The van der Waals surface area contributed by atoms with E-state index in [2.05, 4.69) is 47.8 Å². The lowest BCUT2D eigenvalue weighted by molar-refractivity contribution is 0.912. The largest absolute Gasteiger partial charge is 0.379 e. The number of pyridine rings is 1. The van der Waals surface area contributed by atoms with Crippen LogP contribution in [0.1, 0.15) is 23.2 Å². The van der Waals surface area contributed by atoms with E-state index >= 15 is 0 Å². The zero-order valence-corrected chi connectivity index (χ0v) is 12.0. The van der Waals surface area contributed by atoms with Crippen LogP contribution >= 0.6 is 0 Å². The van der Waals surface area contributed by atoms with Crippen molar-refractivity contribution in [2.24, 2.45) is 0 Å². The summed E-state index contributed by atoms with van der Waals surface area (Å²) >= 11 is 0. The molecule has 1 aromatic heterocycles. The van der Waals surface area contributed by atoms with E-state index in [0.717, 1.165) is 17.8 Å². The predicted molar refractivity (Wildman–Crippen MR) is 87.5 cm³/mol. The summed E-state index contributed by atoms with van der Waals surface area (Å²) in [5.41, 5.74) is 6.36. The number of benzene rings is 2. The minimum absolute atomic E-state index is 0.767. The molecule has 104 valence electrons. The van der Waals surface area contributed by atoms with Gasteiger partial charge in [-0.25, -0.2) is 0 Å². The number of rotatable bonds is 3. The van der Waals surface area contributed by atoms with Gasteiger partial charge in [-0.2, -0.15) is 0 Å². The molecule has 2 nitrogen and oxygen atoms in total. The number of hydrogen-bond donors (Lipinski definition) is 1. The molecule has 0 spiro atoms. The maximum absolute atomic E-state index is 4.70. The first-order chi connectivity index (χ1) is 10.4. The molecule has 2 heteroatoms. The number of para-hydroxylation sites is 1. The third-order valence-electron chi connectivity index (χ3n) is 4.23. The lowest BCUT2D eigenvalue weighted by Crippen LogP contribution is -2.02. The molecule has 0 aliphatic heterocycles. The van der Waals surface area contributed by atoms with Crippen LogP contribution in [-0.4, -0.2) is 4.98 Å². The number of hydrogen-bond acceptors (Lipinski definition) is 2. The smallest absolute Gasteiger partial charge is 0.0706 e. The van der Waals surface area contributed by atoms with E-state index in [9.17, 15) is 0 Å². The van der Waals surface area contributed by atoms with Crippen molar-refractivity contribution in [3.05, 3.63) is 71.4 Å². The lowest BCUT2D eigenvalue weighted by Gasteiger charge is -2.09. The number of fused-ring (bicyclic) bond motifs is 2. The monoisotopic (exact) mass is 274 g/mol. The van der Waals surface area contributed by atoms with Crippen molar-refractivity contribution in [3.8, 4) is 0 Å². The highest BCUT2D eigenvalue weighted by Gasteiger charge is 2.10. The van der Waals surface area contributed by atoms with E-state index in [0.29, 0.717) is 0 Å². The van der Waals surface area contributed by atoms with Crippen molar-refractivity contribution in [1.29, 1.82) is 0 Å². The Morgan fingerprint density at radius 3 is 2.81 bits per heavy atom. The highest BCUT2D eigenvalue weighted by molar-refractivity contribution is 5.78. The Morgan fingerprint density at radius 2 is 1.81 bits per heavy atom. The minimum Gasteiger partial charge on any atom is -0.379 e. The molecule has 0 fully saturated rings. The van der Waals surface area contributed by atoms with Crippen LogP contribution in [-0.2, 0) is 19.4 Å². The number of anilines is 1. The summed E-state index contributed by atoms with van der Waals surface area (Å²) in [6.07, 6.45) is 3.76. The maximum atomic E-state index is 4.70. The Kier molecular flexibility index (Phi) is 3.07. The Balaban J connectivity index is 1.52. The van der Waals surface area contributed by atoms with Gasteiger partial charge < -0.3 is 5.32 Å². The van der Waals surface area contributed by atoms with Crippen molar-refractivity contribution in [1.82, 2.24) is 4.98 Å². The maximum Gasteiger partial charge on any atom is 0.0706 e. The van der Waals surface area contributed by atoms with Gasteiger partial charge in [0.15, 0.2) is 0 Å². The topological polar surface area (TPSA) is 24.9 Å². The Hall–Kier alpha value is -2.35. The van der Waals surface area contributed by atoms with Crippen molar-refractivity contribution < 1.29 is 0 Å². The Labute approximate surface area is 124 Å². The van der Waals surface area contributed by atoms with Gasteiger partial charge >= 0.3 is 0 Å². The average Bonchev–Trinajstić information content (AvgIpc) is 3.00. The first kappa shape index (κ1) is 12.4. The van der Waals surface area contributed by atoms with Crippen LogP contribution in [0.5, 0.6) is 0 Å². The van der Waals surface area contributed by atoms with Crippen molar-refractivity contribution in [2.75, 3.05) is 5.32 Å². The number of aryl methyl sites for hydroxylation is 2. The molecule has 3 aromatic rings. The molecule has 0 bridgehead atoms. The molecular weight excluding hydrogens is 256 g/mol. The van der Waals surface area contributed by atoms with E-state index in [1.807, 2.05) is 12.1 Å². The van der Waals surface area contributed by atoms with Crippen LogP contribution in [0.3, 0.4) is 0 Å². The quantitative estimate of drug-likeness (QED) is 0.768. The second-order valence-electron chi connectivity index (χ2n) is 5.69. The molecule has 0 saturated heterocycles. The zero-order chi connectivity index (χ0) is 14.1. The number of aromatic nitrogens is 1. The van der Waals surface area contributed by atoms with E-state index in [1.54, 1.807) is 0 Å². The van der Waals surface area contributed by atoms with Gasteiger partial charge in [0.2, 0.25) is 0 Å². The number of nitrogens with one attached hydrogen (secondary N) is 1. The SMILES string of the molecule is c1ccc2nc(CNc3ccc4c(c3)CCC4)ccc2c1. The average molecular weight is 274 g/mol. The molecule has 0 radical (unpaired) electrons. The first-order valence-corrected chi connectivity index (χ1v) is 7.59. The molecular formula is C19H18N2. The summed E-state index contributed by atoms with van der Waals surface area (Å²) in [6.45, 7) is 0.767. The molecule has 0 saturated carbocycles. The van der Waals surface area contributed by atoms with Gasteiger partial charge in [0.25, 0.3) is 0 Å². The summed E-state index contributed by atoms with van der Waals surface area (Å²) in [4.78, 5) is 4.70. The summed E-state index contributed by atoms with van der Waals surface area (Å²) < 4.78 is 0. The van der Waals surface area contributed by atoms with Gasteiger partial charge in [0.05, 0.1) is 17.8 Å². The molecule has 0 unspecified atom stereocenters. The predicted octanol–water partition coefficient (Wildman–Crippen LogP) is 4.34. The van der Waals surface area contributed by atoms with Crippen LogP contribution in [0.4, 0.5) is 5.69 Å². The van der Waals surface area contributed by atoms with E-state index in [-0.39, 0.29) is 0 Å². The third-order valence-corrected chi connectivity index (χ3v) is 4.23. The van der Waals surface area contributed by atoms with Crippen molar-refractivity contribution >= 4 is 16.6 Å². The fourth-order valence-corrected chi connectivity index (χ4v) is 3.08. The standard InChI is InChI=1S/C19H18N2/c1-2-7-19-15(4-1)9-11-18(21-19)13-20-17-10-8-14-5-3-6-16(14)12-17/h1-2,4,7-12,20H,3,5-6,13H2. The molecule has 1 aliphatic carbocycles. The Morgan fingerprint density at radius 1 is 0.905 bits per heavy atom. The first-order valence-electron chi connectivity index (χ1n) is 7.59. The van der Waals surface area contributed by atoms with Crippen LogP contribution in [0.25, 0.3) is 10.9 Å². The Bertz CT molecular complexity index is 792. The molecule has 21 heavy (non-hydrogen) atoms. The molecule has 1 N–H and O–H groups in total. The van der Waals surface area contributed by atoms with Crippen LogP contribution in [0.2, 0.25) is 0 Å². The zero-order valence-electron chi connectivity index (χ0n) is 12.0. The second kappa shape index (κ2) is 5.21. The van der Waals surface area contributed by atoms with Gasteiger partial charge in [-0.3, -0.25) is 4.98 Å². The molecule has 4 rings (SSSR count). The van der Waals surface area contributed by atoms with Crippen LogP contribution in [0.15, 0.2) is 54.6 Å². The molecule has 1 aliphatic rings. The minimum atomic E-state index is 0.767. The summed E-state index contributed by atoms with van der Waals surface area (Å²) in [7, 11) is 0. The van der Waals surface area contributed by atoms with Gasteiger partial charge in [-0.05, 0) is 54.7 Å². The highest BCUT2D eigenvalue weighted by atomic mass is 14.9. The van der Waals surface area contributed by atoms with Gasteiger partial charge in [0, 0.05) is 11.1 Å².